The molecule has 13 heavy (non-hydrogen) atoms. The maximum atomic E-state index is 3.55. The van der Waals surface area contributed by atoms with Crippen molar-refractivity contribution in [2.75, 3.05) is 13.1 Å². The van der Waals surface area contributed by atoms with Crippen LogP contribution in [0, 0.1) is 6.92 Å². The Morgan fingerprint density at radius 3 is 2.69 bits per heavy atom. The third-order valence-electron chi connectivity index (χ3n) is 2.71. The molecule has 0 bridgehead atoms. The highest BCUT2D eigenvalue weighted by molar-refractivity contribution is 9.11. The van der Waals surface area contributed by atoms with Crippen molar-refractivity contribution in [3.8, 4) is 0 Å². The molecule has 0 spiro atoms. The van der Waals surface area contributed by atoms with Crippen LogP contribution in [0.3, 0.4) is 0 Å². The van der Waals surface area contributed by atoms with E-state index in [0.717, 1.165) is 5.92 Å². The van der Waals surface area contributed by atoms with E-state index >= 15 is 0 Å². The van der Waals surface area contributed by atoms with Crippen LogP contribution in [0.5, 0.6) is 0 Å². The van der Waals surface area contributed by atoms with Gasteiger partial charge < -0.3 is 5.32 Å². The topological polar surface area (TPSA) is 12.0 Å². The highest BCUT2D eigenvalue weighted by Crippen LogP contribution is 2.35. The normalized spacial score (nSPS) is 19.2. The van der Waals surface area contributed by atoms with E-state index in [-0.39, 0.29) is 0 Å². The fourth-order valence-corrected chi connectivity index (χ4v) is 3.79. The first kappa shape index (κ1) is 9.69. The monoisotopic (exact) mass is 259 g/mol. The number of aryl methyl sites for hydroxylation is 1. The number of hydrogen-bond donors (Lipinski definition) is 1. The van der Waals surface area contributed by atoms with Crippen molar-refractivity contribution in [2.24, 2.45) is 0 Å². The minimum Gasteiger partial charge on any atom is -0.317 e. The lowest BCUT2D eigenvalue weighted by atomic mass is 9.91. The van der Waals surface area contributed by atoms with Crippen LogP contribution in [-0.4, -0.2) is 13.1 Å². The molecule has 2 heterocycles. The molecule has 0 aromatic carbocycles. The van der Waals surface area contributed by atoms with Gasteiger partial charge in [0.15, 0.2) is 0 Å². The standard InChI is InChI=1S/C10H14BrNS/c1-7-9(6-10(11)13-7)8-2-4-12-5-3-8/h6,8,12H,2-5H2,1H3. The highest BCUT2D eigenvalue weighted by Gasteiger charge is 2.18. The third kappa shape index (κ3) is 2.14. The van der Waals surface area contributed by atoms with Gasteiger partial charge in [0.1, 0.15) is 0 Å². The zero-order chi connectivity index (χ0) is 9.26. The summed E-state index contributed by atoms with van der Waals surface area (Å²) >= 11 is 5.41. The molecule has 1 fully saturated rings. The van der Waals surface area contributed by atoms with Crippen LogP contribution >= 0.6 is 27.3 Å². The smallest absolute Gasteiger partial charge is 0.0704 e. The van der Waals surface area contributed by atoms with Crippen molar-refractivity contribution in [2.45, 2.75) is 25.7 Å². The van der Waals surface area contributed by atoms with E-state index in [1.165, 1.54) is 34.6 Å². The van der Waals surface area contributed by atoms with E-state index in [0.29, 0.717) is 0 Å². The van der Waals surface area contributed by atoms with E-state index in [4.69, 9.17) is 0 Å². The number of thiophene rings is 1. The molecular formula is C10H14BrNS. The Bertz CT molecular complexity index is 289. The number of hydrogen-bond acceptors (Lipinski definition) is 2. The van der Waals surface area contributed by atoms with Gasteiger partial charge in [0.05, 0.1) is 3.79 Å². The van der Waals surface area contributed by atoms with Crippen LogP contribution in [0.2, 0.25) is 0 Å². The van der Waals surface area contributed by atoms with Crippen LogP contribution in [0.25, 0.3) is 0 Å². The van der Waals surface area contributed by atoms with E-state index in [1.54, 1.807) is 5.56 Å². The van der Waals surface area contributed by atoms with Gasteiger partial charge >= 0.3 is 0 Å². The van der Waals surface area contributed by atoms with E-state index in [2.05, 4.69) is 34.2 Å². The Kier molecular flexibility index (Phi) is 3.06. The predicted octanol–water partition coefficient (Wildman–Crippen LogP) is 3.29. The Morgan fingerprint density at radius 1 is 1.46 bits per heavy atom. The Morgan fingerprint density at radius 2 is 2.15 bits per heavy atom. The molecule has 1 aromatic rings. The molecule has 0 aliphatic carbocycles. The van der Waals surface area contributed by atoms with Crippen LogP contribution in [0.1, 0.15) is 29.2 Å². The summed E-state index contributed by atoms with van der Waals surface area (Å²) in [7, 11) is 0. The number of nitrogens with one attached hydrogen (secondary N) is 1. The zero-order valence-corrected chi connectivity index (χ0v) is 10.2. The van der Waals surface area contributed by atoms with Crippen molar-refractivity contribution in [3.63, 3.8) is 0 Å². The molecule has 1 N–H and O–H groups in total. The molecule has 2 rings (SSSR count). The minimum absolute atomic E-state index is 0.795. The summed E-state index contributed by atoms with van der Waals surface area (Å²) < 4.78 is 1.28. The Balaban J connectivity index is 2.18. The van der Waals surface area contributed by atoms with Gasteiger partial charge in [0, 0.05) is 4.88 Å². The zero-order valence-electron chi connectivity index (χ0n) is 7.77. The fraction of sp³-hybridized carbons (Fsp3) is 0.600. The second-order valence-electron chi connectivity index (χ2n) is 3.59. The summed E-state index contributed by atoms with van der Waals surface area (Å²) in [5.74, 6) is 0.795. The first-order valence-electron chi connectivity index (χ1n) is 4.74. The van der Waals surface area contributed by atoms with Gasteiger partial charge in [-0.2, -0.15) is 0 Å². The number of piperidine rings is 1. The predicted molar refractivity (Wildman–Crippen MR) is 61.6 cm³/mol. The molecule has 1 aliphatic rings. The summed E-state index contributed by atoms with van der Waals surface area (Å²) in [5.41, 5.74) is 1.57. The van der Waals surface area contributed by atoms with Crippen LogP contribution in [0.15, 0.2) is 9.85 Å². The SMILES string of the molecule is Cc1sc(Br)cc1C1CCNCC1. The van der Waals surface area contributed by atoms with Gasteiger partial charge in [-0.3, -0.25) is 0 Å². The van der Waals surface area contributed by atoms with Crippen molar-refractivity contribution in [3.05, 3.63) is 20.3 Å². The molecule has 1 aromatic heterocycles. The van der Waals surface area contributed by atoms with Crippen molar-refractivity contribution in [1.82, 2.24) is 5.32 Å². The molecule has 1 aliphatic heterocycles. The van der Waals surface area contributed by atoms with Gasteiger partial charge in [-0.25, -0.2) is 0 Å². The van der Waals surface area contributed by atoms with Gasteiger partial charge in [0.25, 0.3) is 0 Å². The minimum atomic E-state index is 0.795. The molecule has 0 atom stereocenters. The number of rotatable bonds is 1. The fourth-order valence-electron chi connectivity index (χ4n) is 2.00. The van der Waals surface area contributed by atoms with Crippen LogP contribution in [-0.2, 0) is 0 Å². The third-order valence-corrected chi connectivity index (χ3v) is 4.27. The lowest BCUT2D eigenvalue weighted by Crippen LogP contribution is -2.26. The van der Waals surface area contributed by atoms with Crippen molar-refractivity contribution < 1.29 is 0 Å². The lowest BCUT2D eigenvalue weighted by molar-refractivity contribution is 0.460. The largest absolute Gasteiger partial charge is 0.317 e. The van der Waals surface area contributed by atoms with E-state index in [1.807, 2.05) is 11.3 Å². The summed E-state index contributed by atoms with van der Waals surface area (Å²) in [4.78, 5) is 1.48. The van der Waals surface area contributed by atoms with Gasteiger partial charge in [-0.1, -0.05) is 0 Å². The second-order valence-corrected chi connectivity index (χ2v) is 6.22. The second kappa shape index (κ2) is 4.11. The number of halogens is 1. The van der Waals surface area contributed by atoms with Crippen molar-refractivity contribution >= 4 is 27.3 Å². The average molecular weight is 260 g/mol. The first-order valence-corrected chi connectivity index (χ1v) is 6.35. The molecule has 1 nitrogen and oxygen atoms in total. The Hall–Kier alpha value is 0.140. The van der Waals surface area contributed by atoms with Crippen molar-refractivity contribution in [1.29, 1.82) is 0 Å². The molecule has 0 radical (unpaired) electrons. The van der Waals surface area contributed by atoms with Gasteiger partial charge in [0.2, 0.25) is 0 Å². The molecule has 0 saturated carbocycles. The molecule has 3 heteroatoms. The molecule has 0 unspecified atom stereocenters. The Labute approximate surface area is 91.7 Å². The summed E-state index contributed by atoms with van der Waals surface area (Å²) in [6.07, 6.45) is 2.59. The van der Waals surface area contributed by atoms with Crippen LogP contribution < -0.4 is 5.32 Å². The average Bonchev–Trinajstić information content (AvgIpc) is 2.47. The molecule has 1 saturated heterocycles. The van der Waals surface area contributed by atoms with E-state index in [9.17, 15) is 0 Å². The van der Waals surface area contributed by atoms with Crippen LogP contribution in [0.4, 0.5) is 0 Å². The summed E-state index contributed by atoms with van der Waals surface area (Å²) in [6, 6.07) is 2.30. The lowest BCUT2D eigenvalue weighted by Gasteiger charge is -2.22. The van der Waals surface area contributed by atoms with Gasteiger partial charge in [-0.15, -0.1) is 11.3 Å². The van der Waals surface area contributed by atoms with E-state index < -0.39 is 0 Å². The summed E-state index contributed by atoms with van der Waals surface area (Å²) in [6.45, 7) is 4.59. The maximum Gasteiger partial charge on any atom is 0.0704 e. The first-order chi connectivity index (χ1) is 6.27. The molecule has 0 amide bonds. The molecule has 72 valence electrons. The quantitative estimate of drug-likeness (QED) is 0.817. The highest BCUT2D eigenvalue weighted by atomic mass is 79.9. The summed E-state index contributed by atoms with van der Waals surface area (Å²) in [5, 5.41) is 3.40. The maximum absolute atomic E-state index is 3.55. The molecular weight excluding hydrogens is 246 g/mol. The van der Waals surface area contributed by atoms with Gasteiger partial charge in [-0.05, 0) is 66.3 Å².